The highest BCUT2D eigenvalue weighted by molar-refractivity contribution is 6.07. The normalized spacial score (nSPS) is 11.6. The maximum absolute atomic E-state index is 6.06. The number of para-hydroxylation sites is 3. The lowest BCUT2D eigenvalue weighted by Crippen LogP contribution is -2.09. The van der Waals surface area contributed by atoms with Gasteiger partial charge in [0, 0.05) is 10.9 Å². The smallest absolute Gasteiger partial charge is 0.160 e. The molecular formula is C25H23N3O2. The molecule has 0 saturated carbocycles. The predicted molar refractivity (Wildman–Crippen MR) is 120 cm³/mol. The second kappa shape index (κ2) is 7.34. The monoisotopic (exact) mass is 397 g/mol. The van der Waals surface area contributed by atoms with Crippen LogP contribution in [0.5, 0.6) is 11.5 Å². The van der Waals surface area contributed by atoms with Crippen molar-refractivity contribution in [3.63, 3.8) is 0 Å². The molecule has 0 N–H and O–H groups in total. The summed E-state index contributed by atoms with van der Waals surface area (Å²) in [5.41, 5.74) is 5.68. The van der Waals surface area contributed by atoms with Crippen LogP contribution in [0, 0.1) is 0 Å². The SMILES string of the molecule is COc1ccc2c(c1)c1nc3ccccc3nc1n2Cc1ccccc1OC(C)C. The average molecular weight is 397 g/mol. The molecule has 0 atom stereocenters. The summed E-state index contributed by atoms with van der Waals surface area (Å²) in [7, 11) is 1.68. The fraction of sp³-hybridized carbons (Fsp3) is 0.200. The van der Waals surface area contributed by atoms with Gasteiger partial charge in [-0.2, -0.15) is 0 Å². The molecule has 5 rings (SSSR count). The number of ether oxygens (including phenoxy) is 2. The van der Waals surface area contributed by atoms with Crippen LogP contribution in [0.4, 0.5) is 0 Å². The maximum Gasteiger partial charge on any atom is 0.160 e. The number of fused-ring (bicyclic) bond motifs is 4. The van der Waals surface area contributed by atoms with Crippen molar-refractivity contribution in [1.29, 1.82) is 0 Å². The first-order chi connectivity index (χ1) is 14.6. The zero-order chi connectivity index (χ0) is 20.7. The molecule has 5 heteroatoms. The molecule has 0 aliphatic heterocycles. The summed E-state index contributed by atoms with van der Waals surface area (Å²) >= 11 is 0. The predicted octanol–water partition coefficient (Wildman–Crippen LogP) is 5.58. The summed E-state index contributed by atoms with van der Waals surface area (Å²) in [5.74, 6) is 1.70. The standard InChI is InChI=1S/C25H23N3O2/c1-16(2)30-23-11-7-4-8-17(23)15-28-22-13-12-18(29-3)14-19(22)24-25(28)27-21-10-6-5-9-20(21)26-24/h4-14,16H,15H2,1-3H3. The van der Waals surface area contributed by atoms with Gasteiger partial charge in [-0.15, -0.1) is 0 Å². The molecule has 0 fully saturated rings. The van der Waals surface area contributed by atoms with E-state index in [2.05, 4.69) is 16.7 Å². The van der Waals surface area contributed by atoms with Gasteiger partial charge in [0.25, 0.3) is 0 Å². The first-order valence-electron chi connectivity index (χ1n) is 10.1. The fourth-order valence-electron chi connectivity index (χ4n) is 3.87. The lowest BCUT2D eigenvalue weighted by atomic mass is 10.2. The second-order valence-electron chi connectivity index (χ2n) is 7.63. The Balaban J connectivity index is 1.77. The van der Waals surface area contributed by atoms with E-state index in [1.807, 2.05) is 68.4 Å². The highest BCUT2D eigenvalue weighted by atomic mass is 16.5. The summed E-state index contributed by atoms with van der Waals surface area (Å²) in [6.07, 6.45) is 0.109. The average Bonchev–Trinajstić information content (AvgIpc) is 3.05. The minimum absolute atomic E-state index is 0.109. The molecule has 0 aliphatic rings. The number of hydrogen-bond donors (Lipinski definition) is 0. The summed E-state index contributed by atoms with van der Waals surface area (Å²) in [6.45, 7) is 4.73. The van der Waals surface area contributed by atoms with Gasteiger partial charge in [0.1, 0.15) is 17.0 Å². The van der Waals surface area contributed by atoms with Gasteiger partial charge < -0.3 is 14.0 Å². The van der Waals surface area contributed by atoms with Crippen molar-refractivity contribution in [2.75, 3.05) is 7.11 Å². The first-order valence-corrected chi connectivity index (χ1v) is 10.1. The minimum atomic E-state index is 0.109. The number of nitrogens with zero attached hydrogens (tertiary/aromatic N) is 3. The van der Waals surface area contributed by atoms with Crippen molar-refractivity contribution in [2.24, 2.45) is 0 Å². The van der Waals surface area contributed by atoms with E-state index >= 15 is 0 Å². The van der Waals surface area contributed by atoms with Crippen LogP contribution in [0.2, 0.25) is 0 Å². The van der Waals surface area contributed by atoms with E-state index in [1.54, 1.807) is 7.11 Å². The number of benzene rings is 3. The van der Waals surface area contributed by atoms with Gasteiger partial charge in [-0.1, -0.05) is 30.3 Å². The highest BCUT2D eigenvalue weighted by Crippen LogP contribution is 2.33. The zero-order valence-electron chi connectivity index (χ0n) is 17.3. The Bertz CT molecular complexity index is 1370. The Kier molecular flexibility index (Phi) is 4.51. The third kappa shape index (κ3) is 3.12. The van der Waals surface area contributed by atoms with Crippen molar-refractivity contribution in [3.05, 3.63) is 72.3 Å². The van der Waals surface area contributed by atoms with Gasteiger partial charge in [0.2, 0.25) is 0 Å². The van der Waals surface area contributed by atoms with Crippen molar-refractivity contribution in [2.45, 2.75) is 26.5 Å². The van der Waals surface area contributed by atoms with Crippen LogP contribution in [-0.2, 0) is 6.54 Å². The molecule has 0 bridgehead atoms. The Morgan fingerprint density at radius 3 is 2.40 bits per heavy atom. The molecule has 2 aromatic heterocycles. The third-order valence-electron chi connectivity index (χ3n) is 5.22. The van der Waals surface area contributed by atoms with Crippen molar-refractivity contribution < 1.29 is 9.47 Å². The minimum Gasteiger partial charge on any atom is -0.497 e. The molecule has 0 aliphatic carbocycles. The molecular weight excluding hydrogens is 374 g/mol. The summed E-state index contributed by atoms with van der Waals surface area (Å²) in [4.78, 5) is 9.92. The van der Waals surface area contributed by atoms with Gasteiger partial charge in [0.05, 0.1) is 36.3 Å². The highest BCUT2D eigenvalue weighted by Gasteiger charge is 2.17. The van der Waals surface area contributed by atoms with E-state index in [9.17, 15) is 0 Å². The topological polar surface area (TPSA) is 49.2 Å². The largest absolute Gasteiger partial charge is 0.497 e. The summed E-state index contributed by atoms with van der Waals surface area (Å²) in [5, 5.41) is 1.03. The number of rotatable bonds is 5. The van der Waals surface area contributed by atoms with Crippen LogP contribution in [0.1, 0.15) is 19.4 Å². The second-order valence-corrected chi connectivity index (χ2v) is 7.63. The van der Waals surface area contributed by atoms with Crippen LogP contribution >= 0.6 is 0 Å². The molecule has 150 valence electrons. The lowest BCUT2D eigenvalue weighted by molar-refractivity contribution is 0.239. The Morgan fingerprint density at radius 2 is 1.63 bits per heavy atom. The van der Waals surface area contributed by atoms with Crippen LogP contribution in [0.15, 0.2) is 66.7 Å². The summed E-state index contributed by atoms with van der Waals surface area (Å²) < 4.78 is 13.7. The molecule has 5 aromatic rings. The Labute approximate surface area is 174 Å². The number of hydrogen-bond acceptors (Lipinski definition) is 4. The van der Waals surface area contributed by atoms with Crippen molar-refractivity contribution >= 4 is 33.1 Å². The molecule has 0 radical (unpaired) electrons. The van der Waals surface area contributed by atoms with Crippen molar-refractivity contribution in [3.8, 4) is 11.5 Å². The van der Waals surface area contributed by atoms with E-state index < -0.39 is 0 Å². The molecule has 0 amide bonds. The fourth-order valence-corrected chi connectivity index (χ4v) is 3.87. The molecule has 2 heterocycles. The molecule has 3 aromatic carbocycles. The van der Waals surface area contributed by atoms with E-state index in [0.717, 1.165) is 50.2 Å². The molecule has 0 unspecified atom stereocenters. The van der Waals surface area contributed by atoms with E-state index in [-0.39, 0.29) is 6.10 Å². The van der Waals surface area contributed by atoms with Crippen molar-refractivity contribution in [1.82, 2.24) is 14.5 Å². The van der Waals surface area contributed by atoms with Gasteiger partial charge in [-0.3, -0.25) is 0 Å². The van der Waals surface area contributed by atoms with E-state index in [1.165, 1.54) is 0 Å². The molecule has 0 saturated heterocycles. The number of aromatic nitrogens is 3. The molecule has 0 spiro atoms. The van der Waals surface area contributed by atoms with Gasteiger partial charge in [0.15, 0.2) is 5.65 Å². The summed E-state index contributed by atoms with van der Waals surface area (Å²) in [6, 6.07) is 22.2. The molecule has 30 heavy (non-hydrogen) atoms. The lowest BCUT2D eigenvalue weighted by Gasteiger charge is -2.15. The van der Waals surface area contributed by atoms with Gasteiger partial charge in [-0.25, -0.2) is 9.97 Å². The van der Waals surface area contributed by atoms with Crippen LogP contribution in [-0.4, -0.2) is 27.7 Å². The van der Waals surface area contributed by atoms with Crippen LogP contribution < -0.4 is 9.47 Å². The van der Waals surface area contributed by atoms with Gasteiger partial charge in [-0.05, 0) is 50.2 Å². The maximum atomic E-state index is 6.06. The number of methoxy groups -OCH3 is 1. The molecule has 5 nitrogen and oxygen atoms in total. The van der Waals surface area contributed by atoms with Crippen LogP contribution in [0.25, 0.3) is 33.1 Å². The first kappa shape index (κ1) is 18.4. The third-order valence-corrected chi connectivity index (χ3v) is 5.22. The van der Waals surface area contributed by atoms with E-state index in [0.29, 0.717) is 6.54 Å². The zero-order valence-corrected chi connectivity index (χ0v) is 17.3. The Morgan fingerprint density at radius 1 is 0.900 bits per heavy atom. The quantitative estimate of drug-likeness (QED) is 0.388. The van der Waals surface area contributed by atoms with E-state index in [4.69, 9.17) is 19.4 Å². The van der Waals surface area contributed by atoms with Gasteiger partial charge >= 0.3 is 0 Å². The Hall–Kier alpha value is -3.60. The van der Waals surface area contributed by atoms with Crippen LogP contribution in [0.3, 0.4) is 0 Å².